The molecule has 29 heavy (non-hydrogen) atoms. The topological polar surface area (TPSA) is 77.2 Å². The number of fused-ring (bicyclic) bond motifs is 3. The molecule has 0 saturated carbocycles. The molecule has 0 spiro atoms. The number of rotatable bonds is 4. The minimum Gasteiger partial charge on any atom is -0.497 e. The third-order valence-electron chi connectivity index (χ3n) is 5.14. The maximum absolute atomic E-state index is 11.3. The second-order valence-electron chi connectivity index (χ2n) is 6.80. The summed E-state index contributed by atoms with van der Waals surface area (Å²) >= 11 is 1.28. The van der Waals surface area contributed by atoms with E-state index in [4.69, 9.17) is 9.84 Å². The van der Waals surface area contributed by atoms with Gasteiger partial charge in [-0.25, -0.2) is 14.5 Å². The van der Waals surface area contributed by atoms with Crippen molar-refractivity contribution in [1.29, 1.82) is 0 Å². The number of methoxy groups -OCH3 is 1. The molecule has 4 aromatic rings. The van der Waals surface area contributed by atoms with E-state index in [1.807, 2.05) is 42.5 Å². The number of aryl methyl sites for hydroxylation is 1. The van der Waals surface area contributed by atoms with Crippen molar-refractivity contribution in [3.05, 3.63) is 70.7 Å². The zero-order valence-corrected chi connectivity index (χ0v) is 16.4. The largest absolute Gasteiger partial charge is 0.497 e. The van der Waals surface area contributed by atoms with Gasteiger partial charge in [-0.2, -0.15) is 5.10 Å². The van der Waals surface area contributed by atoms with E-state index in [0.29, 0.717) is 5.13 Å². The molecule has 0 bridgehead atoms. The number of nitrogens with zero attached hydrogens (tertiary/aromatic N) is 3. The Morgan fingerprint density at radius 3 is 2.72 bits per heavy atom. The van der Waals surface area contributed by atoms with E-state index in [1.54, 1.807) is 17.2 Å². The summed E-state index contributed by atoms with van der Waals surface area (Å²) in [6.07, 6.45) is 1.77. The van der Waals surface area contributed by atoms with Gasteiger partial charge in [0.15, 0.2) is 5.69 Å². The Hall–Kier alpha value is -3.45. The third-order valence-corrected chi connectivity index (χ3v) is 5.96. The van der Waals surface area contributed by atoms with E-state index in [2.05, 4.69) is 11.1 Å². The molecule has 0 amide bonds. The van der Waals surface area contributed by atoms with Crippen molar-refractivity contribution in [3.63, 3.8) is 0 Å². The smallest absolute Gasteiger partial charge is 0.355 e. The van der Waals surface area contributed by atoms with Crippen LogP contribution in [0.5, 0.6) is 5.75 Å². The lowest BCUT2D eigenvalue weighted by Crippen LogP contribution is -2.04. The summed E-state index contributed by atoms with van der Waals surface area (Å²) in [6, 6.07) is 16.1. The molecule has 1 aliphatic rings. The molecule has 0 aliphatic heterocycles. The maximum atomic E-state index is 11.3. The Balaban J connectivity index is 1.77. The fraction of sp³-hybridized carbons (Fsp3) is 0.136. The Labute approximate surface area is 171 Å². The van der Waals surface area contributed by atoms with Gasteiger partial charge in [0.25, 0.3) is 0 Å². The SMILES string of the molecule is COc1ccc2c(c1)-c1nn(-c3nc(C(=O)O)cs3)c(-c3ccccc3)c1CC2. The first kappa shape index (κ1) is 17.6. The number of carboxylic acids is 1. The summed E-state index contributed by atoms with van der Waals surface area (Å²) in [4.78, 5) is 15.6. The molecule has 2 aromatic carbocycles. The predicted molar refractivity (Wildman–Crippen MR) is 111 cm³/mol. The zero-order valence-electron chi connectivity index (χ0n) is 15.6. The summed E-state index contributed by atoms with van der Waals surface area (Å²) in [5.74, 6) is -0.254. The number of carboxylic acid groups (broad SMARTS) is 1. The first-order chi connectivity index (χ1) is 14.2. The molecule has 0 unspecified atom stereocenters. The summed E-state index contributed by atoms with van der Waals surface area (Å²) in [6.45, 7) is 0. The minimum atomic E-state index is -1.04. The van der Waals surface area contributed by atoms with Crippen LogP contribution in [0, 0.1) is 0 Å². The van der Waals surface area contributed by atoms with Gasteiger partial charge in [0.2, 0.25) is 5.13 Å². The van der Waals surface area contributed by atoms with E-state index >= 15 is 0 Å². The van der Waals surface area contributed by atoms with Crippen molar-refractivity contribution in [2.24, 2.45) is 0 Å². The van der Waals surface area contributed by atoms with Crippen molar-refractivity contribution < 1.29 is 14.6 Å². The molecule has 144 valence electrons. The molecule has 0 atom stereocenters. The Morgan fingerprint density at radius 2 is 2.00 bits per heavy atom. The van der Waals surface area contributed by atoms with Crippen LogP contribution in [-0.4, -0.2) is 33.0 Å². The highest BCUT2D eigenvalue weighted by Gasteiger charge is 2.27. The standard InChI is InChI=1S/C22H17N3O3S/c1-28-15-9-7-13-8-10-16-19(17(13)11-15)24-25(20(16)14-5-3-2-4-6-14)22-23-18(12-29-22)21(26)27/h2-7,9,11-12H,8,10H2,1H3,(H,26,27). The lowest BCUT2D eigenvalue weighted by Gasteiger charge is -2.17. The van der Waals surface area contributed by atoms with Crippen molar-refractivity contribution in [1.82, 2.24) is 14.8 Å². The molecule has 2 aromatic heterocycles. The lowest BCUT2D eigenvalue weighted by atomic mass is 9.88. The van der Waals surface area contributed by atoms with Crippen LogP contribution in [-0.2, 0) is 12.8 Å². The number of aromatic nitrogens is 3. The van der Waals surface area contributed by atoms with E-state index in [-0.39, 0.29) is 5.69 Å². The van der Waals surface area contributed by atoms with Gasteiger partial charge in [-0.1, -0.05) is 36.4 Å². The number of hydrogen-bond acceptors (Lipinski definition) is 5. The van der Waals surface area contributed by atoms with Crippen LogP contribution in [0.2, 0.25) is 0 Å². The van der Waals surface area contributed by atoms with Crippen LogP contribution < -0.4 is 4.74 Å². The second-order valence-corrected chi connectivity index (χ2v) is 7.63. The molecule has 1 N–H and O–H groups in total. The quantitative estimate of drug-likeness (QED) is 0.544. The van der Waals surface area contributed by atoms with Gasteiger partial charge in [0.1, 0.15) is 5.75 Å². The molecule has 1 aliphatic carbocycles. The van der Waals surface area contributed by atoms with Crippen LogP contribution in [0.25, 0.3) is 27.6 Å². The van der Waals surface area contributed by atoms with E-state index in [1.165, 1.54) is 16.9 Å². The van der Waals surface area contributed by atoms with Crippen molar-refractivity contribution in [2.45, 2.75) is 12.8 Å². The first-order valence-electron chi connectivity index (χ1n) is 9.19. The average Bonchev–Trinajstić information content (AvgIpc) is 3.39. The minimum absolute atomic E-state index is 0.0274. The number of carbonyl (C=O) groups is 1. The summed E-state index contributed by atoms with van der Waals surface area (Å²) < 4.78 is 7.20. The molecule has 5 rings (SSSR count). The molecule has 6 nitrogen and oxygen atoms in total. The molecule has 0 saturated heterocycles. The van der Waals surface area contributed by atoms with Gasteiger partial charge in [-0.05, 0) is 30.5 Å². The molecular formula is C22H17N3O3S. The number of thiazole rings is 1. The zero-order chi connectivity index (χ0) is 20.0. The maximum Gasteiger partial charge on any atom is 0.355 e. The normalized spacial score (nSPS) is 12.3. The Kier molecular flexibility index (Phi) is 4.17. The van der Waals surface area contributed by atoms with Gasteiger partial charge in [0.05, 0.1) is 18.5 Å². The van der Waals surface area contributed by atoms with Gasteiger partial charge in [0, 0.05) is 22.1 Å². The molecule has 7 heteroatoms. The molecular weight excluding hydrogens is 386 g/mol. The van der Waals surface area contributed by atoms with Gasteiger partial charge in [-0.15, -0.1) is 11.3 Å². The molecule has 0 radical (unpaired) electrons. The summed E-state index contributed by atoms with van der Waals surface area (Å²) in [5.41, 5.74) is 6.34. The Bertz CT molecular complexity index is 1230. The van der Waals surface area contributed by atoms with Crippen LogP contribution in [0.1, 0.15) is 21.6 Å². The second kappa shape index (κ2) is 6.86. The van der Waals surface area contributed by atoms with Gasteiger partial charge >= 0.3 is 5.97 Å². The van der Waals surface area contributed by atoms with E-state index in [0.717, 1.165) is 46.7 Å². The molecule has 0 fully saturated rings. The number of hydrogen-bond donors (Lipinski definition) is 1. The van der Waals surface area contributed by atoms with Crippen LogP contribution in [0.15, 0.2) is 53.9 Å². The number of aromatic carboxylic acids is 1. The first-order valence-corrected chi connectivity index (χ1v) is 10.1. The van der Waals surface area contributed by atoms with E-state index in [9.17, 15) is 9.90 Å². The fourth-order valence-electron chi connectivity index (χ4n) is 3.77. The monoisotopic (exact) mass is 403 g/mol. The average molecular weight is 403 g/mol. The van der Waals surface area contributed by atoms with Crippen molar-refractivity contribution in [2.75, 3.05) is 7.11 Å². The highest BCUT2D eigenvalue weighted by molar-refractivity contribution is 7.12. The third kappa shape index (κ3) is 2.91. The highest BCUT2D eigenvalue weighted by Crippen LogP contribution is 2.41. The molecule has 2 heterocycles. The lowest BCUT2D eigenvalue weighted by molar-refractivity contribution is 0.0691. The van der Waals surface area contributed by atoms with Crippen LogP contribution in [0.4, 0.5) is 0 Å². The number of ether oxygens (including phenoxy) is 1. The van der Waals surface area contributed by atoms with Gasteiger partial charge in [-0.3, -0.25) is 0 Å². The Morgan fingerprint density at radius 1 is 1.17 bits per heavy atom. The van der Waals surface area contributed by atoms with E-state index < -0.39 is 5.97 Å². The number of benzene rings is 2. The van der Waals surface area contributed by atoms with Crippen LogP contribution in [0.3, 0.4) is 0 Å². The predicted octanol–water partition coefficient (Wildman–Crippen LogP) is 4.47. The van der Waals surface area contributed by atoms with Crippen molar-refractivity contribution in [3.8, 4) is 33.4 Å². The summed E-state index contributed by atoms with van der Waals surface area (Å²) in [5, 5.41) is 16.3. The van der Waals surface area contributed by atoms with Gasteiger partial charge < -0.3 is 9.84 Å². The fourth-order valence-corrected chi connectivity index (χ4v) is 4.53. The van der Waals surface area contributed by atoms with Crippen molar-refractivity contribution >= 4 is 17.3 Å². The van der Waals surface area contributed by atoms with Crippen LogP contribution >= 0.6 is 11.3 Å². The highest BCUT2D eigenvalue weighted by atomic mass is 32.1. The summed E-state index contributed by atoms with van der Waals surface area (Å²) in [7, 11) is 1.66.